The van der Waals surface area contributed by atoms with Crippen LogP contribution in [0, 0.1) is 0 Å². The summed E-state index contributed by atoms with van der Waals surface area (Å²) in [4.78, 5) is 1.05. The number of rotatable bonds is 7. The van der Waals surface area contributed by atoms with Crippen LogP contribution in [-0.4, -0.2) is 29.0 Å². The lowest BCUT2D eigenvalue weighted by molar-refractivity contribution is 0.423. The number of nitrogens with zero attached hydrogens (tertiary/aromatic N) is 3. The first kappa shape index (κ1) is 19.6. The highest BCUT2D eigenvalue weighted by molar-refractivity contribution is 7.89. The maximum absolute atomic E-state index is 13.6. The zero-order valence-corrected chi connectivity index (χ0v) is 17.6. The van der Waals surface area contributed by atoms with E-state index in [0.29, 0.717) is 18.8 Å². The van der Waals surface area contributed by atoms with E-state index in [0.717, 1.165) is 16.1 Å². The van der Waals surface area contributed by atoms with E-state index in [9.17, 15) is 8.42 Å². The summed E-state index contributed by atoms with van der Waals surface area (Å²) in [7, 11) is -3.74. The average molecular weight is 424 g/mol. The first-order valence-corrected chi connectivity index (χ1v) is 11.6. The predicted octanol–water partition coefficient (Wildman–Crippen LogP) is 4.81. The van der Waals surface area contributed by atoms with Gasteiger partial charge in [0.1, 0.15) is 10.6 Å². The van der Waals surface area contributed by atoms with Crippen molar-refractivity contribution in [2.75, 3.05) is 6.54 Å². The van der Waals surface area contributed by atoms with Gasteiger partial charge in [-0.15, -0.1) is 11.3 Å². The minimum atomic E-state index is -3.74. The first-order valence-electron chi connectivity index (χ1n) is 9.32. The molecule has 0 radical (unpaired) electrons. The third-order valence-electron chi connectivity index (χ3n) is 4.63. The summed E-state index contributed by atoms with van der Waals surface area (Å²) in [6.45, 7) is 2.55. The quantitative estimate of drug-likeness (QED) is 0.429. The van der Waals surface area contributed by atoms with Crippen molar-refractivity contribution in [2.45, 2.75) is 18.4 Å². The molecule has 0 bridgehead atoms. The zero-order chi connectivity index (χ0) is 20.3. The lowest BCUT2D eigenvalue weighted by atomic mass is 10.2. The lowest BCUT2D eigenvalue weighted by Gasteiger charge is -2.20. The highest BCUT2D eigenvalue weighted by Crippen LogP contribution is 2.32. The van der Waals surface area contributed by atoms with E-state index in [1.807, 2.05) is 85.1 Å². The fourth-order valence-corrected chi connectivity index (χ4v) is 5.49. The predicted molar refractivity (Wildman–Crippen MR) is 117 cm³/mol. The van der Waals surface area contributed by atoms with Crippen molar-refractivity contribution in [3.63, 3.8) is 0 Å². The van der Waals surface area contributed by atoms with E-state index in [-0.39, 0.29) is 4.90 Å². The summed E-state index contributed by atoms with van der Waals surface area (Å²) in [6.07, 6.45) is 1.62. The molecule has 0 unspecified atom stereocenters. The largest absolute Gasteiger partial charge is 0.247 e. The lowest BCUT2D eigenvalue weighted by Crippen LogP contribution is -2.30. The molecule has 2 aromatic carbocycles. The smallest absolute Gasteiger partial charge is 0.239 e. The second kappa shape index (κ2) is 8.32. The van der Waals surface area contributed by atoms with Gasteiger partial charge in [0.25, 0.3) is 0 Å². The van der Waals surface area contributed by atoms with Crippen LogP contribution in [0.3, 0.4) is 0 Å². The van der Waals surface area contributed by atoms with Crippen LogP contribution in [0.5, 0.6) is 0 Å². The molecular weight excluding hydrogens is 402 g/mol. The Morgan fingerprint density at radius 3 is 2.28 bits per heavy atom. The molecule has 29 heavy (non-hydrogen) atoms. The fourth-order valence-electron chi connectivity index (χ4n) is 3.14. The highest BCUT2D eigenvalue weighted by atomic mass is 32.2. The van der Waals surface area contributed by atoms with Crippen LogP contribution < -0.4 is 0 Å². The van der Waals surface area contributed by atoms with Gasteiger partial charge in [-0.3, -0.25) is 0 Å². The summed E-state index contributed by atoms with van der Waals surface area (Å²) >= 11 is 1.48. The molecule has 5 nitrogen and oxygen atoms in total. The average Bonchev–Trinajstić information content (AvgIpc) is 3.43. The Hall–Kier alpha value is -2.74. The van der Waals surface area contributed by atoms with Gasteiger partial charge in [0, 0.05) is 13.1 Å². The van der Waals surface area contributed by atoms with Crippen LogP contribution in [0.25, 0.3) is 16.3 Å². The molecule has 2 aromatic heterocycles. The molecule has 0 amide bonds. The summed E-state index contributed by atoms with van der Waals surface area (Å²) in [5, 5.41) is 6.56. The van der Waals surface area contributed by atoms with Gasteiger partial charge in [-0.1, -0.05) is 61.5 Å². The van der Waals surface area contributed by atoms with Gasteiger partial charge in [0.2, 0.25) is 10.0 Å². The van der Waals surface area contributed by atoms with Gasteiger partial charge in [0.15, 0.2) is 0 Å². The number of hydrogen-bond acceptors (Lipinski definition) is 4. The molecule has 0 N–H and O–H groups in total. The van der Waals surface area contributed by atoms with Gasteiger partial charge < -0.3 is 0 Å². The molecule has 4 rings (SSSR count). The number of hydrogen-bond donors (Lipinski definition) is 0. The highest BCUT2D eigenvalue weighted by Gasteiger charge is 2.30. The number of para-hydroxylation sites is 1. The van der Waals surface area contributed by atoms with Crippen molar-refractivity contribution in [1.29, 1.82) is 0 Å². The fraction of sp³-hybridized carbons (Fsp3) is 0.136. The van der Waals surface area contributed by atoms with Gasteiger partial charge in [0.05, 0.1) is 16.8 Å². The number of sulfonamides is 1. The number of aromatic nitrogens is 2. The van der Waals surface area contributed by atoms with Gasteiger partial charge in [-0.2, -0.15) is 9.40 Å². The van der Waals surface area contributed by atoms with E-state index >= 15 is 0 Å². The first-order chi connectivity index (χ1) is 14.1. The molecule has 148 valence electrons. The molecule has 0 spiro atoms. The Balaban J connectivity index is 1.80. The van der Waals surface area contributed by atoms with Crippen LogP contribution in [0.4, 0.5) is 0 Å². The molecule has 7 heteroatoms. The molecule has 0 fully saturated rings. The summed E-state index contributed by atoms with van der Waals surface area (Å²) in [5.41, 5.74) is 2.25. The Morgan fingerprint density at radius 1 is 0.966 bits per heavy atom. The van der Waals surface area contributed by atoms with E-state index < -0.39 is 10.0 Å². The molecule has 0 saturated heterocycles. The number of benzene rings is 2. The normalized spacial score (nSPS) is 11.8. The van der Waals surface area contributed by atoms with Crippen LogP contribution in [0.15, 0.2) is 89.3 Å². The van der Waals surface area contributed by atoms with Crippen molar-refractivity contribution in [1.82, 2.24) is 14.1 Å². The Labute approximate surface area is 174 Å². The SMILES string of the molecule is CCN(Cc1ccccc1)S(=O)(=O)c1cn(-c2ccccc2)nc1-c1cccs1. The summed E-state index contributed by atoms with van der Waals surface area (Å²) < 4.78 is 30.3. The number of thiophene rings is 1. The maximum Gasteiger partial charge on any atom is 0.247 e. The second-order valence-electron chi connectivity index (χ2n) is 6.52. The van der Waals surface area contributed by atoms with Gasteiger partial charge in [-0.25, -0.2) is 13.1 Å². The van der Waals surface area contributed by atoms with Gasteiger partial charge >= 0.3 is 0 Å². The van der Waals surface area contributed by atoms with Crippen molar-refractivity contribution in [2.24, 2.45) is 0 Å². The molecule has 2 heterocycles. The van der Waals surface area contributed by atoms with Crippen LogP contribution >= 0.6 is 11.3 Å². The van der Waals surface area contributed by atoms with E-state index in [1.165, 1.54) is 15.6 Å². The van der Waals surface area contributed by atoms with E-state index in [4.69, 9.17) is 0 Å². The molecular formula is C22H21N3O2S2. The summed E-state index contributed by atoms with van der Waals surface area (Å²) in [6, 6.07) is 23.0. The second-order valence-corrected chi connectivity index (χ2v) is 9.37. The van der Waals surface area contributed by atoms with Crippen molar-refractivity contribution >= 4 is 21.4 Å². The minimum absolute atomic E-state index is 0.224. The minimum Gasteiger partial charge on any atom is -0.239 e. The Bertz CT molecular complexity index is 1170. The standard InChI is InChI=1S/C22H21N3O2S2/c1-2-24(16-18-10-5-3-6-11-18)29(26,27)21-17-25(19-12-7-4-8-13-19)23-22(21)20-14-9-15-28-20/h3-15,17H,2,16H2,1H3. The van der Waals surface area contributed by atoms with Crippen LogP contribution in [-0.2, 0) is 16.6 Å². The van der Waals surface area contributed by atoms with Gasteiger partial charge in [-0.05, 0) is 29.1 Å². The Morgan fingerprint density at radius 2 is 1.66 bits per heavy atom. The third kappa shape index (κ3) is 4.03. The maximum atomic E-state index is 13.6. The molecule has 0 atom stereocenters. The van der Waals surface area contributed by atoms with Crippen LogP contribution in [0.1, 0.15) is 12.5 Å². The Kier molecular flexibility index (Phi) is 5.62. The molecule has 0 aliphatic carbocycles. The zero-order valence-electron chi connectivity index (χ0n) is 16.0. The summed E-state index contributed by atoms with van der Waals surface area (Å²) in [5.74, 6) is 0. The molecule has 4 aromatic rings. The van der Waals surface area contributed by atoms with Crippen molar-refractivity contribution in [3.8, 4) is 16.3 Å². The van der Waals surface area contributed by atoms with Crippen LogP contribution in [0.2, 0.25) is 0 Å². The third-order valence-corrected chi connectivity index (χ3v) is 7.43. The molecule has 0 aliphatic heterocycles. The topological polar surface area (TPSA) is 55.2 Å². The van der Waals surface area contributed by atoms with Crippen molar-refractivity contribution < 1.29 is 8.42 Å². The van der Waals surface area contributed by atoms with Crippen molar-refractivity contribution in [3.05, 3.63) is 89.9 Å². The molecule has 0 aliphatic rings. The molecule has 0 saturated carbocycles. The monoisotopic (exact) mass is 423 g/mol. The van der Waals surface area contributed by atoms with E-state index in [2.05, 4.69) is 5.10 Å². The van der Waals surface area contributed by atoms with E-state index in [1.54, 1.807) is 10.9 Å².